The zero-order chi connectivity index (χ0) is 18.6. The van der Waals surface area contributed by atoms with Gasteiger partial charge >= 0.3 is 0 Å². The highest BCUT2D eigenvalue weighted by molar-refractivity contribution is 7.10. The summed E-state index contributed by atoms with van der Waals surface area (Å²) in [7, 11) is 1.73. The Hall–Kier alpha value is -2.98. The minimum absolute atomic E-state index is 0.754. The van der Waals surface area contributed by atoms with Crippen LogP contribution in [0.15, 0.2) is 72.4 Å². The molecule has 0 aliphatic carbocycles. The van der Waals surface area contributed by atoms with Crippen LogP contribution in [-0.4, -0.2) is 17.1 Å². The summed E-state index contributed by atoms with van der Waals surface area (Å²) in [5.41, 5.74) is 6.81. The predicted octanol–water partition coefficient (Wildman–Crippen LogP) is 5.78. The van der Waals surface area contributed by atoms with Crippen molar-refractivity contribution >= 4 is 11.3 Å². The van der Waals surface area contributed by atoms with Gasteiger partial charge in [0.1, 0.15) is 5.75 Å². The van der Waals surface area contributed by atoms with Crippen molar-refractivity contribution in [2.75, 3.05) is 7.11 Å². The van der Waals surface area contributed by atoms with E-state index >= 15 is 0 Å². The van der Waals surface area contributed by atoms with Gasteiger partial charge in [-0.05, 0) is 41.8 Å². The summed E-state index contributed by atoms with van der Waals surface area (Å²) in [4.78, 5) is 8.96. The molecule has 0 bridgehead atoms. The van der Waals surface area contributed by atoms with Gasteiger partial charge in [0.2, 0.25) is 0 Å². The number of benzene rings is 2. The molecule has 4 heteroatoms. The lowest BCUT2D eigenvalue weighted by molar-refractivity contribution is 0.410. The molecule has 4 rings (SSSR count). The SMILES string of the molecule is COc1cc(-c2ccccc2)c(C)cc1Cc1nc(-c2cccnc2)cs1. The first kappa shape index (κ1) is 17.4. The third-order valence-corrected chi connectivity index (χ3v) is 5.41. The van der Waals surface area contributed by atoms with Crippen molar-refractivity contribution in [3.63, 3.8) is 0 Å². The average Bonchev–Trinajstić information content (AvgIpc) is 3.18. The Labute approximate surface area is 163 Å². The maximum Gasteiger partial charge on any atom is 0.123 e. The molecule has 0 saturated heterocycles. The number of methoxy groups -OCH3 is 1. The molecule has 0 saturated carbocycles. The Bertz CT molecular complexity index is 1040. The van der Waals surface area contributed by atoms with E-state index in [2.05, 4.69) is 53.7 Å². The number of aromatic nitrogens is 2. The van der Waals surface area contributed by atoms with Crippen molar-refractivity contribution in [2.24, 2.45) is 0 Å². The Kier molecular flexibility index (Phi) is 4.99. The van der Waals surface area contributed by atoms with E-state index in [0.717, 1.165) is 34.0 Å². The molecule has 2 heterocycles. The van der Waals surface area contributed by atoms with Crippen molar-refractivity contribution in [3.8, 4) is 28.1 Å². The van der Waals surface area contributed by atoms with Crippen LogP contribution in [0.3, 0.4) is 0 Å². The van der Waals surface area contributed by atoms with Gasteiger partial charge in [0.25, 0.3) is 0 Å². The van der Waals surface area contributed by atoms with Crippen LogP contribution >= 0.6 is 11.3 Å². The van der Waals surface area contributed by atoms with E-state index in [1.165, 1.54) is 16.7 Å². The molecule has 0 amide bonds. The van der Waals surface area contributed by atoms with Gasteiger partial charge in [-0.2, -0.15) is 0 Å². The standard InChI is InChI=1S/C23H20N2OS/c1-16-11-19(22(26-2)13-20(16)17-7-4-3-5-8-17)12-23-25-21(15-27-23)18-9-6-10-24-14-18/h3-11,13-15H,12H2,1-2H3. The van der Waals surface area contributed by atoms with Gasteiger partial charge in [0, 0.05) is 35.3 Å². The Morgan fingerprint density at radius 1 is 1.00 bits per heavy atom. The second kappa shape index (κ2) is 7.72. The van der Waals surface area contributed by atoms with Gasteiger partial charge < -0.3 is 4.74 Å². The molecule has 3 nitrogen and oxygen atoms in total. The van der Waals surface area contributed by atoms with Gasteiger partial charge in [0.15, 0.2) is 0 Å². The molecular formula is C23H20N2OS. The van der Waals surface area contributed by atoms with Crippen LogP contribution in [0.4, 0.5) is 0 Å². The molecule has 27 heavy (non-hydrogen) atoms. The second-order valence-corrected chi connectivity index (χ2v) is 7.33. The quantitative estimate of drug-likeness (QED) is 0.445. The van der Waals surface area contributed by atoms with Gasteiger partial charge in [0.05, 0.1) is 17.8 Å². The van der Waals surface area contributed by atoms with Gasteiger partial charge in [-0.3, -0.25) is 4.98 Å². The molecule has 0 aliphatic heterocycles. The first-order valence-electron chi connectivity index (χ1n) is 8.82. The summed E-state index contributed by atoms with van der Waals surface area (Å²) in [6.07, 6.45) is 4.38. The van der Waals surface area contributed by atoms with E-state index in [9.17, 15) is 0 Å². The number of ether oxygens (including phenoxy) is 1. The predicted molar refractivity (Wildman–Crippen MR) is 111 cm³/mol. The first-order valence-corrected chi connectivity index (χ1v) is 9.70. The Morgan fingerprint density at radius 2 is 1.81 bits per heavy atom. The summed E-state index contributed by atoms with van der Waals surface area (Å²) in [6, 6.07) is 18.7. The molecule has 0 spiro atoms. The van der Waals surface area contributed by atoms with Crippen LogP contribution in [0.1, 0.15) is 16.1 Å². The highest BCUT2D eigenvalue weighted by Crippen LogP contribution is 2.33. The van der Waals surface area contributed by atoms with E-state index in [1.807, 2.05) is 24.4 Å². The maximum atomic E-state index is 5.69. The van der Waals surface area contributed by atoms with Crippen LogP contribution < -0.4 is 4.74 Å². The third-order valence-electron chi connectivity index (χ3n) is 4.56. The number of pyridine rings is 1. The summed E-state index contributed by atoms with van der Waals surface area (Å²) in [5, 5.41) is 3.16. The lowest BCUT2D eigenvalue weighted by Gasteiger charge is -2.13. The maximum absolute atomic E-state index is 5.69. The van der Waals surface area contributed by atoms with Gasteiger partial charge in [-0.15, -0.1) is 11.3 Å². The molecule has 0 radical (unpaired) electrons. The Balaban J connectivity index is 1.65. The van der Waals surface area contributed by atoms with Crippen molar-refractivity contribution < 1.29 is 4.74 Å². The summed E-state index contributed by atoms with van der Waals surface area (Å²) >= 11 is 1.67. The van der Waals surface area contributed by atoms with Crippen molar-refractivity contribution in [1.82, 2.24) is 9.97 Å². The van der Waals surface area contributed by atoms with E-state index in [-0.39, 0.29) is 0 Å². The molecule has 134 valence electrons. The molecule has 0 unspecified atom stereocenters. The van der Waals surface area contributed by atoms with Crippen molar-refractivity contribution in [3.05, 3.63) is 88.5 Å². The summed E-state index contributed by atoms with van der Waals surface area (Å²) in [6.45, 7) is 2.15. The number of hydrogen-bond acceptors (Lipinski definition) is 4. The summed E-state index contributed by atoms with van der Waals surface area (Å²) in [5.74, 6) is 0.901. The molecule has 2 aromatic heterocycles. The molecule has 0 fully saturated rings. The molecule has 4 aromatic rings. The highest BCUT2D eigenvalue weighted by atomic mass is 32.1. The van der Waals surface area contributed by atoms with Gasteiger partial charge in [-0.25, -0.2) is 4.98 Å². The highest BCUT2D eigenvalue weighted by Gasteiger charge is 2.13. The van der Waals surface area contributed by atoms with E-state index in [0.29, 0.717) is 0 Å². The van der Waals surface area contributed by atoms with Crippen molar-refractivity contribution in [1.29, 1.82) is 0 Å². The van der Waals surface area contributed by atoms with E-state index < -0.39 is 0 Å². The van der Waals surface area contributed by atoms with Crippen LogP contribution in [0.5, 0.6) is 5.75 Å². The fraction of sp³-hybridized carbons (Fsp3) is 0.130. The van der Waals surface area contributed by atoms with Crippen LogP contribution in [0.25, 0.3) is 22.4 Å². The summed E-state index contributed by atoms with van der Waals surface area (Å²) < 4.78 is 5.69. The number of thiazole rings is 1. The lowest BCUT2D eigenvalue weighted by Crippen LogP contribution is -1.97. The number of hydrogen-bond donors (Lipinski definition) is 0. The minimum Gasteiger partial charge on any atom is -0.496 e. The molecule has 0 atom stereocenters. The monoisotopic (exact) mass is 372 g/mol. The molecule has 2 aromatic carbocycles. The molecule has 0 N–H and O–H groups in total. The largest absolute Gasteiger partial charge is 0.496 e. The Morgan fingerprint density at radius 3 is 2.56 bits per heavy atom. The minimum atomic E-state index is 0.754. The van der Waals surface area contributed by atoms with E-state index in [4.69, 9.17) is 9.72 Å². The fourth-order valence-electron chi connectivity index (χ4n) is 3.21. The topological polar surface area (TPSA) is 35.0 Å². The third kappa shape index (κ3) is 3.76. The van der Waals surface area contributed by atoms with Gasteiger partial charge in [-0.1, -0.05) is 36.4 Å². The normalized spacial score (nSPS) is 10.7. The number of rotatable bonds is 5. The fourth-order valence-corrected chi connectivity index (χ4v) is 4.03. The molecular weight excluding hydrogens is 352 g/mol. The first-order chi connectivity index (χ1) is 13.2. The lowest BCUT2D eigenvalue weighted by atomic mass is 9.96. The van der Waals surface area contributed by atoms with Crippen LogP contribution in [0, 0.1) is 6.92 Å². The zero-order valence-electron chi connectivity index (χ0n) is 15.3. The van der Waals surface area contributed by atoms with Crippen LogP contribution in [0.2, 0.25) is 0 Å². The second-order valence-electron chi connectivity index (χ2n) is 6.39. The number of aryl methyl sites for hydroxylation is 1. The van der Waals surface area contributed by atoms with E-state index in [1.54, 1.807) is 24.6 Å². The van der Waals surface area contributed by atoms with Crippen LogP contribution in [-0.2, 0) is 6.42 Å². The molecule has 0 aliphatic rings. The van der Waals surface area contributed by atoms with Crippen molar-refractivity contribution in [2.45, 2.75) is 13.3 Å². The average molecular weight is 372 g/mol. The number of nitrogens with zero attached hydrogens (tertiary/aromatic N) is 2. The smallest absolute Gasteiger partial charge is 0.123 e. The zero-order valence-corrected chi connectivity index (χ0v) is 16.2.